The minimum absolute atomic E-state index is 0.148. The minimum atomic E-state index is -0.691. The Hall–Kier alpha value is -2.86. The average Bonchev–Trinajstić information content (AvgIpc) is 3.05. The molecule has 0 spiro atoms. The van der Waals surface area contributed by atoms with Crippen molar-refractivity contribution in [2.75, 3.05) is 10.3 Å². The molecule has 2 aromatic carbocycles. The molecule has 0 radical (unpaired) electrons. The molecule has 7 heteroatoms. The van der Waals surface area contributed by atoms with Gasteiger partial charge in [0.25, 0.3) is 5.91 Å². The number of aryl methyl sites for hydroxylation is 1. The van der Waals surface area contributed by atoms with E-state index in [2.05, 4.69) is 10.4 Å². The summed E-state index contributed by atoms with van der Waals surface area (Å²) in [5, 5.41) is 9.12. The van der Waals surface area contributed by atoms with Crippen molar-refractivity contribution in [3.8, 4) is 0 Å². The smallest absolute Gasteiger partial charge is 0.271 e. The number of nitrogens with two attached hydrogens (primary N) is 1. The second kappa shape index (κ2) is 6.94. The molecular weight excluding hydrogens is 340 g/mol. The third-order valence-electron chi connectivity index (χ3n) is 3.97. The summed E-state index contributed by atoms with van der Waals surface area (Å²) in [7, 11) is 0. The first-order valence-electron chi connectivity index (χ1n) is 7.74. The van der Waals surface area contributed by atoms with Crippen LogP contribution in [0, 0.1) is 6.92 Å². The zero-order chi connectivity index (χ0) is 18.0. The van der Waals surface area contributed by atoms with Gasteiger partial charge in [-0.25, -0.2) is 0 Å². The Morgan fingerprint density at radius 3 is 2.64 bits per heavy atom. The number of rotatable bonds is 4. The molecule has 0 saturated carbocycles. The van der Waals surface area contributed by atoms with Crippen LogP contribution in [0.4, 0.5) is 11.4 Å². The number of nitrogens with zero attached hydrogens (tertiary/aromatic N) is 2. The monoisotopic (exact) mass is 356 g/mol. The van der Waals surface area contributed by atoms with Gasteiger partial charge in [-0.1, -0.05) is 35.9 Å². The summed E-state index contributed by atoms with van der Waals surface area (Å²) in [5.41, 5.74) is 7.91. The molecule has 6 nitrogen and oxygen atoms in total. The summed E-state index contributed by atoms with van der Waals surface area (Å²) < 4.78 is 0. The third-order valence-corrected chi connectivity index (χ3v) is 4.20. The van der Waals surface area contributed by atoms with Crippen LogP contribution in [0.15, 0.2) is 53.6 Å². The van der Waals surface area contributed by atoms with Crippen molar-refractivity contribution >= 4 is 40.5 Å². The lowest BCUT2D eigenvalue weighted by atomic mass is 10.1. The summed E-state index contributed by atoms with van der Waals surface area (Å²) in [5.74, 6) is -0.913. The number of anilines is 2. The summed E-state index contributed by atoms with van der Waals surface area (Å²) in [6.45, 7) is 1.87. The van der Waals surface area contributed by atoms with E-state index in [0.717, 1.165) is 5.56 Å². The van der Waals surface area contributed by atoms with Crippen LogP contribution >= 0.6 is 11.6 Å². The van der Waals surface area contributed by atoms with E-state index < -0.39 is 11.9 Å². The van der Waals surface area contributed by atoms with Crippen molar-refractivity contribution in [3.05, 3.63) is 59.1 Å². The predicted molar refractivity (Wildman–Crippen MR) is 98.8 cm³/mol. The molecule has 0 fully saturated rings. The fourth-order valence-corrected chi connectivity index (χ4v) is 2.78. The van der Waals surface area contributed by atoms with E-state index in [-0.39, 0.29) is 18.0 Å². The molecule has 3 rings (SSSR count). The minimum Gasteiger partial charge on any atom is -0.368 e. The Labute approximate surface area is 150 Å². The molecule has 1 aliphatic heterocycles. The molecule has 1 heterocycles. The van der Waals surface area contributed by atoms with Gasteiger partial charge in [0.1, 0.15) is 11.8 Å². The lowest BCUT2D eigenvalue weighted by molar-refractivity contribution is -0.119. The second-order valence-electron chi connectivity index (χ2n) is 5.76. The van der Waals surface area contributed by atoms with E-state index in [1.165, 1.54) is 5.01 Å². The highest BCUT2D eigenvalue weighted by Gasteiger charge is 2.35. The van der Waals surface area contributed by atoms with E-state index in [0.29, 0.717) is 16.4 Å². The lowest BCUT2D eigenvalue weighted by Gasteiger charge is -2.20. The van der Waals surface area contributed by atoms with Gasteiger partial charge in [0.05, 0.1) is 5.69 Å². The Morgan fingerprint density at radius 1 is 1.24 bits per heavy atom. The number of hydrogen-bond acceptors (Lipinski definition) is 4. The first-order chi connectivity index (χ1) is 12.0. The first kappa shape index (κ1) is 17.0. The molecular formula is C18H17ClN4O2. The van der Waals surface area contributed by atoms with E-state index >= 15 is 0 Å². The molecule has 0 aromatic heterocycles. The Morgan fingerprint density at radius 2 is 1.96 bits per heavy atom. The van der Waals surface area contributed by atoms with E-state index in [9.17, 15) is 9.59 Å². The van der Waals surface area contributed by atoms with Crippen LogP contribution < -0.4 is 16.1 Å². The first-order valence-corrected chi connectivity index (χ1v) is 8.12. The normalized spacial score (nSPS) is 16.5. The SMILES string of the molecule is Cc1ccc(Cl)cc1NC(=O)C1=NN(c2ccccc2)C(C(N)=O)C1. The van der Waals surface area contributed by atoms with Crippen LogP contribution in [0.25, 0.3) is 0 Å². The van der Waals surface area contributed by atoms with Crippen LogP contribution in [0.5, 0.6) is 0 Å². The number of nitrogens with one attached hydrogen (secondary N) is 1. The Kier molecular flexibility index (Phi) is 4.72. The van der Waals surface area contributed by atoms with Gasteiger partial charge in [0.2, 0.25) is 5.91 Å². The molecule has 0 aliphatic carbocycles. The Balaban J connectivity index is 1.85. The van der Waals surface area contributed by atoms with Crippen molar-refractivity contribution in [1.29, 1.82) is 0 Å². The molecule has 1 unspecified atom stereocenters. The molecule has 25 heavy (non-hydrogen) atoms. The van der Waals surface area contributed by atoms with Gasteiger partial charge in [0, 0.05) is 17.1 Å². The van der Waals surface area contributed by atoms with Crippen LogP contribution in [-0.2, 0) is 9.59 Å². The number of carbonyl (C=O) groups excluding carboxylic acids is 2. The molecule has 2 amide bonds. The highest BCUT2D eigenvalue weighted by Crippen LogP contribution is 2.25. The van der Waals surface area contributed by atoms with Gasteiger partial charge in [-0.3, -0.25) is 14.6 Å². The number of hydrogen-bond donors (Lipinski definition) is 2. The predicted octanol–water partition coefficient (Wildman–Crippen LogP) is 2.71. The lowest BCUT2D eigenvalue weighted by Crippen LogP contribution is -2.39. The number of hydrazone groups is 1. The number of primary amides is 1. The van der Waals surface area contributed by atoms with Gasteiger partial charge in [0.15, 0.2) is 0 Å². The largest absolute Gasteiger partial charge is 0.368 e. The van der Waals surface area contributed by atoms with Crippen LogP contribution in [0.3, 0.4) is 0 Å². The number of halogens is 1. The molecule has 1 atom stereocenters. The topological polar surface area (TPSA) is 87.8 Å². The number of benzene rings is 2. The van der Waals surface area contributed by atoms with Crippen LogP contribution in [-0.4, -0.2) is 23.6 Å². The van der Waals surface area contributed by atoms with E-state index in [4.69, 9.17) is 17.3 Å². The quantitative estimate of drug-likeness (QED) is 0.882. The van der Waals surface area contributed by atoms with Gasteiger partial charge in [-0.2, -0.15) is 5.10 Å². The van der Waals surface area contributed by atoms with Gasteiger partial charge < -0.3 is 11.1 Å². The second-order valence-corrected chi connectivity index (χ2v) is 6.20. The molecule has 1 aliphatic rings. The molecule has 3 N–H and O–H groups in total. The van der Waals surface area contributed by atoms with Crippen molar-refractivity contribution < 1.29 is 9.59 Å². The standard InChI is InChI=1S/C18H17ClN4O2/c1-11-7-8-12(19)9-14(11)21-18(25)15-10-16(17(20)24)23(22-15)13-5-3-2-4-6-13/h2-9,16H,10H2,1H3,(H2,20,24)(H,21,25). The molecule has 2 aromatic rings. The summed E-state index contributed by atoms with van der Waals surface area (Å²) in [6.07, 6.45) is 0.148. The molecule has 0 bridgehead atoms. The zero-order valence-electron chi connectivity index (χ0n) is 13.6. The highest BCUT2D eigenvalue weighted by molar-refractivity contribution is 6.44. The van der Waals surface area contributed by atoms with Gasteiger partial charge in [-0.05, 0) is 36.8 Å². The van der Waals surface area contributed by atoms with Crippen LogP contribution in [0.2, 0.25) is 5.02 Å². The summed E-state index contributed by atoms with van der Waals surface area (Å²) in [6, 6.07) is 13.7. The summed E-state index contributed by atoms with van der Waals surface area (Å²) in [4.78, 5) is 24.3. The number of para-hydroxylation sites is 1. The van der Waals surface area contributed by atoms with E-state index in [1.54, 1.807) is 24.3 Å². The fraction of sp³-hybridized carbons (Fsp3) is 0.167. The average molecular weight is 357 g/mol. The summed E-state index contributed by atoms with van der Waals surface area (Å²) >= 11 is 5.98. The number of carbonyl (C=O) groups is 2. The maximum absolute atomic E-state index is 12.6. The van der Waals surface area contributed by atoms with Crippen molar-refractivity contribution in [2.45, 2.75) is 19.4 Å². The van der Waals surface area contributed by atoms with Crippen molar-refractivity contribution in [2.24, 2.45) is 10.8 Å². The highest BCUT2D eigenvalue weighted by atomic mass is 35.5. The number of amides is 2. The van der Waals surface area contributed by atoms with Crippen molar-refractivity contribution in [1.82, 2.24) is 0 Å². The zero-order valence-corrected chi connectivity index (χ0v) is 14.3. The van der Waals surface area contributed by atoms with E-state index in [1.807, 2.05) is 31.2 Å². The molecule has 128 valence electrons. The fourth-order valence-electron chi connectivity index (χ4n) is 2.61. The van der Waals surface area contributed by atoms with Crippen LogP contribution in [0.1, 0.15) is 12.0 Å². The maximum atomic E-state index is 12.6. The third kappa shape index (κ3) is 3.64. The van der Waals surface area contributed by atoms with Gasteiger partial charge >= 0.3 is 0 Å². The maximum Gasteiger partial charge on any atom is 0.271 e. The Bertz CT molecular complexity index is 851. The van der Waals surface area contributed by atoms with Crippen molar-refractivity contribution in [3.63, 3.8) is 0 Å². The van der Waals surface area contributed by atoms with Gasteiger partial charge in [-0.15, -0.1) is 0 Å². The molecule has 0 saturated heterocycles.